The van der Waals surface area contributed by atoms with Crippen LogP contribution in [0.25, 0.3) is 90.8 Å². The minimum atomic E-state index is 0.561. The highest BCUT2D eigenvalue weighted by molar-refractivity contribution is 6.01. The lowest BCUT2D eigenvalue weighted by molar-refractivity contribution is 0.902. The van der Waals surface area contributed by atoms with E-state index in [0.717, 1.165) is 85.6 Å². The summed E-state index contributed by atoms with van der Waals surface area (Å²) in [6.07, 6.45) is 8.34. The van der Waals surface area contributed by atoms with Gasteiger partial charge in [-0.05, 0) is 78.4 Å². The first-order valence-corrected chi connectivity index (χ1v) is 20.5. The van der Waals surface area contributed by atoms with Gasteiger partial charge in [0.1, 0.15) is 0 Å². The molecular formula is C53H38N8. The van der Waals surface area contributed by atoms with Crippen molar-refractivity contribution in [2.75, 3.05) is 0 Å². The minimum absolute atomic E-state index is 0.561. The monoisotopic (exact) mass is 786 g/mol. The van der Waals surface area contributed by atoms with Crippen LogP contribution in [0, 0.1) is 0 Å². The Morgan fingerprint density at radius 1 is 0.443 bits per heavy atom. The van der Waals surface area contributed by atoms with Crippen LogP contribution in [0.4, 0.5) is 0 Å². The Bertz CT molecular complexity index is 3230. The molecule has 10 aromatic rings. The van der Waals surface area contributed by atoms with Crippen molar-refractivity contribution in [3.63, 3.8) is 0 Å². The summed E-state index contributed by atoms with van der Waals surface area (Å²) in [7, 11) is 0. The van der Waals surface area contributed by atoms with Crippen molar-refractivity contribution >= 4 is 27.9 Å². The Morgan fingerprint density at radius 3 is 1.77 bits per heavy atom. The summed E-state index contributed by atoms with van der Waals surface area (Å²) in [4.78, 5) is 15.3. The Hall–Kier alpha value is -8.23. The van der Waals surface area contributed by atoms with E-state index >= 15 is 0 Å². The number of fused-ring (bicyclic) bond motifs is 4. The predicted molar refractivity (Wildman–Crippen MR) is 245 cm³/mol. The van der Waals surface area contributed by atoms with E-state index in [1.807, 2.05) is 72.8 Å². The molecule has 4 aromatic heterocycles. The molecule has 11 rings (SSSR count). The molecule has 4 heterocycles. The lowest BCUT2D eigenvalue weighted by atomic mass is 9.97. The molecule has 8 nitrogen and oxygen atoms in total. The van der Waals surface area contributed by atoms with E-state index in [4.69, 9.17) is 25.1 Å². The molecule has 290 valence electrons. The molecule has 0 bridgehead atoms. The first-order chi connectivity index (χ1) is 30.3. The van der Waals surface area contributed by atoms with Gasteiger partial charge >= 0.3 is 0 Å². The highest BCUT2D eigenvalue weighted by Crippen LogP contribution is 2.40. The van der Waals surface area contributed by atoms with Gasteiger partial charge in [-0.25, -0.2) is 4.98 Å². The topological polar surface area (TPSA) is 79.2 Å². The second-order valence-corrected chi connectivity index (χ2v) is 14.9. The van der Waals surface area contributed by atoms with Gasteiger partial charge in [-0.3, -0.25) is 9.13 Å². The Balaban J connectivity index is 1.14. The third kappa shape index (κ3) is 6.56. The van der Waals surface area contributed by atoms with Crippen molar-refractivity contribution in [3.05, 3.63) is 212 Å². The number of hydrogen-bond acceptors (Lipinski definition) is 5. The molecule has 1 aliphatic rings. The van der Waals surface area contributed by atoms with Gasteiger partial charge in [0.05, 0.1) is 16.7 Å². The van der Waals surface area contributed by atoms with Crippen molar-refractivity contribution in [2.45, 2.75) is 12.8 Å². The highest BCUT2D eigenvalue weighted by Gasteiger charge is 2.27. The van der Waals surface area contributed by atoms with Gasteiger partial charge in [0.25, 0.3) is 0 Å². The fourth-order valence-electron chi connectivity index (χ4n) is 8.41. The average Bonchev–Trinajstić information content (AvgIpc) is 3.95. The lowest BCUT2D eigenvalue weighted by Crippen LogP contribution is -2.08. The number of allylic oxidation sites excluding steroid dienone is 1. The molecule has 0 unspecified atom stereocenters. The van der Waals surface area contributed by atoms with Crippen LogP contribution >= 0.6 is 0 Å². The van der Waals surface area contributed by atoms with E-state index in [2.05, 4.69) is 147 Å². The molecule has 0 fully saturated rings. The van der Waals surface area contributed by atoms with Gasteiger partial charge in [0, 0.05) is 45.2 Å². The van der Waals surface area contributed by atoms with Crippen molar-refractivity contribution in [3.8, 4) is 62.9 Å². The predicted octanol–water partition coefficient (Wildman–Crippen LogP) is 12.1. The van der Waals surface area contributed by atoms with E-state index in [9.17, 15) is 0 Å². The number of benzene rings is 6. The maximum absolute atomic E-state index is 5.18. The standard InChI is InChI=1S/C53H38N8/c1-5-20-38(21-6-1)49-54-50(39-22-7-2-8-23-39)56-53(55-49)61-46-32-16-14-29-43(46)48-44(30-17-33-47(48)61)52-58-57-51(60(52)42-27-11-4-12-28-42)40-24-18-36-59(41-25-9-3-10-26-41)45-31-15-13-19-37(45)34-35-40/h1-13,15-28,30-36H,14,29H2. The largest absolute Gasteiger partial charge is 0.317 e. The Kier molecular flexibility index (Phi) is 9.12. The second kappa shape index (κ2) is 15.5. The summed E-state index contributed by atoms with van der Waals surface area (Å²) in [6.45, 7) is 0. The maximum atomic E-state index is 5.18. The molecule has 0 spiro atoms. The van der Waals surface area contributed by atoms with Gasteiger partial charge in [0.2, 0.25) is 5.95 Å². The zero-order valence-electron chi connectivity index (χ0n) is 33.1. The van der Waals surface area contributed by atoms with Crippen molar-refractivity contribution < 1.29 is 0 Å². The molecule has 6 aromatic carbocycles. The minimum Gasteiger partial charge on any atom is -0.317 e. The first-order valence-electron chi connectivity index (χ1n) is 20.5. The average molecular weight is 787 g/mol. The molecule has 0 saturated heterocycles. The molecule has 0 radical (unpaired) electrons. The number of hydrogen-bond donors (Lipinski definition) is 0. The van der Waals surface area contributed by atoms with Crippen LogP contribution in [0.5, 0.6) is 0 Å². The number of aryl methyl sites for hydroxylation is 1. The Labute approximate surface area is 352 Å². The summed E-state index contributed by atoms with van der Waals surface area (Å²) in [5, 5.41) is 12.2. The fourth-order valence-corrected chi connectivity index (χ4v) is 8.41. The summed E-state index contributed by atoms with van der Waals surface area (Å²) in [5.74, 6) is 3.27. The molecule has 0 amide bonds. The van der Waals surface area contributed by atoms with E-state index in [-0.39, 0.29) is 0 Å². The van der Waals surface area contributed by atoms with Gasteiger partial charge in [0.15, 0.2) is 23.3 Å². The van der Waals surface area contributed by atoms with Crippen LogP contribution in [-0.4, -0.2) is 38.9 Å². The zero-order valence-corrected chi connectivity index (χ0v) is 33.1. The maximum Gasteiger partial charge on any atom is 0.238 e. The Morgan fingerprint density at radius 2 is 1.05 bits per heavy atom. The van der Waals surface area contributed by atoms with Gasteiger partial charge in [-0.2, -0.15) is 9.97 Å². The van der Waals surface area contributed by atoms with Crippen LogP contribution in [0.15, 0.2) is 200 Å². The molecule has 0 atom stereocenters. The summed E-state index contributed by atoms with van der Waals surface area (Å²) in [6, 6.07) is 64.4. The van der Waals surface area contributed by atoms with Crippen LogP contribution in [0.1, 0.15) is 17.7 Å². The SMILES string of the molecule is C1=Cc2c(c3c(-c4nnc(-c5cccn(-c6ccccc6)c6ccccc6cc5)n4-c4ccccc4)cccc3n2-c2nc(-c3ccccc3)nc(-c3ccccc3)n2)CC1. The van der Waals surface area contributed by atoms with Gasteiger partial charge < -0.3 is 4.57 Å². The third-order valence-electron chi connectivity index (χ3n) is 11.2. The first kappa shape index (κ1) is 35.9. The van der Waals surface area contributed by atoms with Crippen LogP contribution in [0.3, 0.4) is 0 Å². The number of nitrogens with zero attached hydrogens (tertiary/aromatic N) is 8. The van der Waals surface area contributed by atoms with Crippen LogP contribution in [0.2, 0.25) is 0 Å². The van der Waals surface area contributed by atoms with Crippen molar-refractivity contribution in [1.29, 1.82) is 0 Å². The highest BCUT2D eigenvalue weighted by atomic mass is 15.3. The quantitative estimate of drug-likeness (QED) is 0.161. The van der Waals surface area contributed by atoms with Gasteiger partial charge in [-0.15, -0.1) is 10.2 Å². The van der Waals surface area contributed by atoms with Crippen molar-refractivity contribution in [1.82, 2.24) is 38.9 Å². The molecule has 8 heteroatoms. The van der Waals surface area contributed by atoms with Crippen molar-refractivity contribution in [2.24, 2.45) is 0 Å². The zero-order chi connectivity index (χ0) is 40.5. The summed E-state index contributed by atoms with van der Waals surface area (Å²) >= 11 is 0. The second-order valence-electron chi connectivity index (χ2n) is 14.9. The lowest BCUT2D eigenvalue weighted by Gasteiger charge is -2.13. The van der Waals surface area contributed by atoms with Crippen LogP contribution in [-0.2, 0) is 6.42 Å². The van der Waals surface area contributed by atoms with E-state index in [1.54, 1.807) is 0 Å². The molecule has 0 N–H and O–H groups in total. The van der Waals surface area contributed by atoms with E-state index in [1.165, 1.54) is 5.56 Å². The number of rotatable bonds is 7. The fraction of sp³-hybridized carbons (Fsp3) is 0.0377. The normalized spacial score (nSPS) is 12.1. The molecule has 0 saturated carbocycles. The molecule has 0 aliphatic heterocycles. The number of para-hydroxylation sites is 3. The summed E-state index contributed by atoms with van der Waals surface area (Å²) in [5.41, 5.74) is 10.1. The molecule has 1 aliphatic carbocycles. The van der Waals surface area contributed by atoms with Gasteiger partial charge in [-0.1, -0.05) is 146 Å². The smallest absolute Gasteiger partial charge is 0.238 e. The van der Waals surface area contributed by atoms with Crippen LogP contribution < -0.4 is 0 Å². The number of aromatic nitrogens is 8. The van der Waals surface area contributed by atoms with E-state index < -0.39 is 0 Å². The third-order valence-corrected chi connectivity index (χ3v) is 11.2. The van der Waals surface area contributed by atoms with E-state index in [0.29, 0.717) is 17.6 Å². The molecule has 61 heavy (non-hydrogen) atoms. The molecular weight excluding hydrogens is 749 g/mol. The summed E-state index contributed by atoms with van der Waals surface area (Å²) < 4.78 is 6.59.